The van der Waals surface area contributed by atoms with Crippen LogP contribution in [0.1, 0.15) is 44.9 Å². The minimum absolute atomic E-state index is 0.134. The van der Waals surface area contributed by atoms with Crippen LogP contribution in [0.5, 0.6) is 0 Å². The van der Waals surface area contributed by atoms with Crippen LogP contribution in [0.4, 0.5) is 0 Å². The van der Waals surface area contributed by atoms with Gasteiger partial charge in [-0.3, -0.25) is 19.1 Å². The first kappa shape index (κ1) is 20.8. The lowest BCUT2D eigenvalue weighted by atomic mass is 9.94. The molecule has 2 aliphatic rings. The summed E-state index contributed by atoms with van der Waals surface area (Å²) in [4.78, 5) is 50.6. The number of aromatic amines is 2. The first-order valence-corrected chi connectivity index (χ1v) is 11.1. The molecule has 1 atom stereocenters. The molecule has 2 aromatic rings. The zero-order valence-electron chi connectivity index (χ0n) is 17.9. The van der Waals surface area contributed by atoms with Crippen molar-refractivity contribution in [1.82, 2.24) is 29.3 Å². The molecule has 2 aromatic heterocycles. The number of piperidine rings is 2. The number of nitrogens with zero attached hydrogens (tertiary/aromatic N) is 4. The van der Waals surface area contributed by atoms with Gasteiger partial charge in [0, 0.05) is 39.5 Å². The predicted molar refractivity (Wildman–Crippen MR) is 114 cm³/mol. The van der Waals surface area contributed by atoms with Crippen LogP contribution in [-0.2, 0) is 18.3 Å². The third-order valence-corrected chi connectivity index (χ3v) is 6.64. The Balaban J connectivity index is 1.33. The molecule has 4 heterocycles. The van der Waals surface area contributed by atoms with E-state index in [1.807, 2.05) is 4.90 Å². The molecule has 0 aliphatic carbocycles. The van der Waals surface area contributed by atoms with Gasteiger partial charge in [0.1, 0.15) is 11.3 Å². The maximum Gasteiger partial charge on any atom is 0.329 e. The Bertz CT molecular complexity index is 1010. The molecule has 0 aromatic carbocycles. The summed E-state index contributed by atoms with van der Waals surface area (Å²) < 4.78 is 1.30. The highest BCUT2D eigenvalue weighted by Gasteiger charge is 2.26. The van der Waals surface area contributed by atoms with Crippen LogP contribution in [0, 0.1) is 11.8 Å². The van der Waals surface area contributed by atoms with E-state index in [-0.39, 0.29) is 11.4 Å². The van der Waals surface area contributed by atoms with Gasteiger partial charge >= 0.3 is 5.69 Å². The second-order valence-electron chi connectivity index (χ2n) is 9.03. The predicted octanol–water partition coefficient (Wildman–Crippen LogP) is 0.853. The molecule has 0 radical (unpaired) electrons. The van der Waals surface area contributed by atoms with Crippen LogP contribution in [0.15, 0.2) is 9.59 Å². The highest BCUT2D eigenvalue weighted by atomic mass is 16.2. The summed E-state index contributed by atoms with van der Waals surface area (Å²) in [6, 6.07) is 0. The second kappa shape index (κ2) is 8.75. The van der Waals surface area contributed by atoms with Crippen molar-refractivity contribution in [3.05, 3.63) is 26.7 Å². The van der Waals surface area contributed by atoms with Crippen molar-refractivity contribution >= 4 is 17.1 Å². The molecule has 0 saturated carbocycles. The number of imidazole rings is 1. The van der Waals surface area contributed by atoms with E-state index in [1.54, 1.807) is 7.05 Å². The SMILES string of the molecule is CC1CCN(CC2CCCN(C(=O)CCc3nc4c([nH]3)c(=O)[nH]c(=O)n4C)C2)CC1. The van der Waals surface area contributed by atoms with Crippen LogP contribution in [-0.4, -0.2) is 67.9 Å². The Labute approximate surface area is 175 Å². The normalized spacial score (nSPS) is 21.4. The van der Waals surface area contributed by atoms with E-state index >= 15 is 0 Å². The maximum absolute atomic E-state index is 12.8. The van der Waals surface area contributed by atoms with E-state index in [9.17, 15) is 14.4 Å². The molecule has 0 bridgehead atoms. The van der Waals surface area contributed by atoms with Crippen molar-refractivity contribution in [2.45, 2.75) is 45.4 Å². The number of rotatable bonds is 5. The lowest BCUT2D eigenvalue weighted by Crippen LogP contribution is -2.45. The summed E-state index contributed by atoms with van der Waals surface area (Å²) in [5.41, 5.74) is -0.387. The monoisotopic (exact) mass is 416 g/mol. The fourth-order valence-corrected chi connectivity index (χ4v) is 4.70. The van der Waals surface area contributed by atoms with Crippen LogP contribution < -0.4 is 11.2 Å². The van der Waals surface area contributed by atoms with Gasteiger partial charge in [-0.2, -0.15) is 0 Å². The van der Waals surface area contributed by atoms with Gasteiger partial charge in [-0.15, -0.1) is 0 Å². The van der Waals surface area contributed by atoms with Crippen LogP contribution >= 0.6 is 0 Å². The van der Waals surface area contributed by atoms with Gasteiger partial charge in [-0.05, 0) is 50.6 Å². The molecule has 1 unspecified atom stereocenters. The fourth-order valence-electron chi connectivity index (χ4n) is 4.70. The Morgan fingerprint density at radius 1 is 1.13 bits per heavy atom. The van der Waals surface area contributed by atoms with Crippen molar-refractivity contribution in [2.75, 3.05) is 32.7 Å². The van der Waals surface area contributed by atoms with Crippen LogP contribution in [0.3, 0.4) is 0 Å². The molecule has 2 fully saturated rings. The molecule has 9 heteroatoms. The number of nitrogens with one attached hydrogen (secondary N) is 2. The summed E-state index contributed by atoms with van der Waals surface area (Å²) in [7, 11) is 1.56. The topological polar surface area (TPSA) is 107 Å². The molecular formula is C21H32N6O3. The lowest BCUT2D eigenvalue weighted by Gasteiger charge is -2.38. The highest BCUT2D eigenvalue weighted by molar-refractivity contribution is 5.76. The number of H-pyrrole nitrogens is 2. The van der Waals surface area contributed by atoms with E-state index in [1.165, 1.54) is 36.9 Å². The molecule has 2 saturated heterocycles. The van der Waals surface area contributed by atoms with Crippen molar-refractivity contribution in [2.24, 2.45) is 18.9 Å². The third kappa shape index (κ3) is 4.50. The first-order valence-electron chi connectivity index (χ1n) is 11.1. The van der Waals surface area contributed by atoms with E-state index in [0.717, 1.165) is 32.0 Å². The maximum atomic E-state index is 12.8. The van der Waals surface area contributed by atoms with E-state index in [4.69, 9.17) is 0 Å². The van der Waals surface area contributed by atoms with Gasteiger partial charge < -0.3 is 14.8 Å². The summed E-state index contributed by atoms with van der Waals surface area (Å²) in [6.45, 7) is 7.44. The molecule has 2 aliphatic heterocycles. The van der Waals surface area contributed by atoms with Crippen molar-refractivity contribution < 1.29 is 4.79 Å². The Morgan fingerprint density at radius 3 is 2.67 bits per heavy atom. The second-order valence-corrected chi connectivity index (χ2v) is 9.03. The zero-order chi connectivity index (χ0) is 21.3. The third-order valence-electron chi connectivity index (χ3n) is 6.64. The van der Waals surface area contributed by atoms with Crippen molar-refractivity contribution in [3.8, 4) is 0 Å². The zero-order valence-corrected chi connectivity index (χ0v) is 17.9. The minimum Gasteiger partial charge on any atom is -0.342 e. The van der Waals surface area contributed by atoms with Gasteiger partial charge in [0.15, 0.2) is 5.65 Å². The number of carbonyl (C=O) groups is 1. The lowest BCUT2D eigenvalue weighted by molar-refractivity contribution is -0.133. The van der Waals surface area contributed by atoms with Gasteiger partial charge in [-0.25, -0.2) is 9.78 Å². The summed E-state index contributed by atoms with van der Waals surface area (Å²) >= 11 is 0. The number of hydrogen-bond acceptors (Lipinski definition) is 5. The number of likely N-dealkylation sites (tertiary alicyclic amines) is 2. The van der Waals surface area contributed by atoms with Gasteiger partial charge in [-0.1, -0.05) is 6.92 Å². The largest absolute Gasteiger partial charge is 0.342 e. The first-order chi connectivity index (χ1) is 14.4. The van der Waals surface area contributed by atoms with Crippen molar-refractivity contribution in [3.63, 3.8) is 0 Å². The minimum atomic E-state index is -0.496. The quantitative estimate of drug-likeness (QED) is 0.752. The number of amides is 1. The molecule has 4 rings (SSSR count). The molecular weight excluding hydrogens is 384 g/mol. The Morgan fingerprint density at radius 2 is 1.90 bits per heavy atom. The average molecular weight is 417 g/mol. The van der Waals surface area contributed by atoms with E-state index in [0.29, 0.717) is 30.2 Å². The number of aryl methyl sites for hydroxylation is 2. The van der Waals surface area contributed by atoms with Crippen LogP contribution in [0.25, 0.3) is 11.2 Å². The molecule has 30 heavy (non-hydrogen) atoms. The Kier molecular flexibility index (Phi) is 6.08. The number of fused-ring (bicyclic) bond motifs is 1. The van der Waals surface area contributed by atoms with Gasteiger partial charge in [0.25, 0.3) is 5.56 Å². The summed E-state index contributed by atoms with van der Waals surface area (Å²) in [5.74, 6) is 2.08. The molecule has 9 nitrogen and oxygen atoms in total. The summed E-state index contributed by atoms with van der Waals surface area (Å²) in [5, 5.41) is 0. The smallest absolute Gasteiger partial charge is 0.329 e. The molecule has 0 spiro atoms. The van der Waals surface area contributed by atoms with Gasteiger partial charge in [0.2, 0.25) is 5.91 Å². The molecule has 164 valence electrons. The standard InChI is InChI=1S/C21H32N6O3/c1-14-7-10-26(11-8-14)12-15-4-3-9-27(13-15)17(28)6-5-16-22-18-19(23-16)25(2)21(30)24-20(18)29/h14-15H,3-13H2,1-2H3,(H,22,23)(H,24,29,30). The Hall–Kier alpha value is -2.42. The van der Waals surface area contributed by atoms with Gasteiger partial charge in [0.05, 0.1) is 0 Å². The van der Waals surface area contributed by atoms with E-state index < -0.39 is 11.2 Å². The van der Waals surface area contributed by atoms with Crippen LogP contribution in [0.2, 0.25) is 0 Å². The molecule has 1 amide bonds. The number of carbonyl (C=O) groups excluding carboxylic acids is 1. The van der Waals surface area contributed by atoms with E-state index in [2.05, 4.69) is 26.8 Å². The highest BCUT2D eigenvalue weighted by Crippen LogP contribution is 2.22. The van der Waals surface area contributed by atoms with Crippen molar-refractivity contribution in [1.29, 1.82) is 0 Å². The average Bonchev–Trinajstić information content (AvgIpc) is 3.17. The summed E-state index contributed by atoms with van der Waals surface area (Å²) in [6.07, 6.45) is 5.58. The fraction of sp³-hybridized carbons (Fsp3) is 0.714. The number of hydrogen-bond donors (Lipinski definition) is 2. The number of aromatic nitrogens is 4. The molecule has 2 N–H and O–H groups in total.